The maximum Gasteiger partial charge on any atom is 0.415 e. The van der Waals surface area contributed by atoms with Gasteiger partial charge in [0.1, 0.15) is 5.75 Å². The van der Waals surface area contributed by atoms with Gasteiger partial charge in [-0.3, -0.25) is 0 Å². The van der Waals surface area contributed by atoms with Crippen LogP contribution >= 0.6 is 0 Å². The molecule has 1 aromatic rings. The Labute approximate surface area is 125 Å². The van der Waals surface area contributed by atoms with Crippen LogP contribution in [0.15, 0.2) is 30.3 Å². The Morgan fingerprint density at radius 1 is 1.19 bits per heavy atom. The fourth-order valence-electron chi connectivity index (χ4n) is 3.81. The molecule has 4 nitrogen and oxygen atoms in total. The highest BCUT2D eigenvalue weighted by molar-refractivity contribution is 5.72. The molecule has 1 aliphatic heterocycles. The average molecular weight is 289 g/mol. The maximum absolute atomic E-state index is 12.6. The summed E-state index contributed by atoms with van der Waals surface area (Å²) in [6.07, 6.45) is 6.07. The van der Waals surface area contributed by atoms with Crippen molar-refractivity contribution in [3.63, 3.8) is 0 Å². The van der Waals surface area contributed by atoms with Gasteiger partial charge in [-0.05, 0) is 57.1 Å². The molecule has 1 N–H and O–H groups in total. The minimum absolute atomic E-state index is 0.193. The molecule has 1 spiro atoms. The summed E-state index contributed by atoms with van der Waals surface area (Å²) >= 11 is 0. The fourth-order valence-corrected chi connectivity index (χ4v) is 3.81. The van der Waals surface area contributed by atoms with Crippen molar-refractivity contribution in [2.45, 2.75) is 56.6 Å². The van der Waals surface area contributed by atoms with Gasteiger partial charge in [0.05, 0.1) is 6.10 Å². The molecule has 1 aliphatic carbocycles. The van der Waals surface area contributed by atoms with E-state index in [1.807, 2.05) is 23.1 Å². The molecule has 0 bridgehead atoms. The largest absolute Gasteiger partial charge is 0.415 e. The number of aliphatic hydroxyl groups is 1. The topological polar surface area (TPSA) is 49.8 Å². The number of nitrogens with zero attached hydrogens (tertiary/aromatic N) is 1. The van der Waals surface area contributed by atoms with E-state index in [4.69, 9.17) is 4.74 Å². The van der Waals surface area contributed by atoms with Crippen molar-refractivity contribution in [2.75, 3.05) is 6.54 Å². The molecule has 0 radical (unpaired) electrons. The fraction of sp³-hybridized carbons (Fsp3) is 0.588. The number of likely N-dealkylation sites (tertiary alicyclic amines) is 1. The molecule has 2 atom stereocenters. The van der Waals surface area contributed by atoms with Crippen LogP contribution in [-0.4, -0.2) is 34.3 Å². The SMILES string of the molecule is O=C(Oc1ccccc1)N1CCCCC12CCCC(O)C2. The van der Waals surface area contributed by atoms with Crippen molar-refractivity contribution in [1.29, 1.82) is 0 Å². The number of benzene rings is 1. The van der Waals surface area contributed by atoms with Gasteiger partial charge in [0.2, 0.25) is 0 Å². The number of aliphatic hydroxyl groups excluding tert-OH is 1. The van der Waals surface area contributed by atoms with E-state index < -0.39 is 0 Å². The third-order valence-electron chi connectivity index (χ3n) is 4.81. The van der Waals surface area contributed by atoms with Gasteiger partial charge >= 0.3 is 6.09 Å². The van der Waals surface area contributed by atoms with Crippen LogP contribution in [0.2, 0.25) is 0 Å². The molecule has 21 heavy (non-hydrogen) atoms. The van der Waals surface area contributed by atoms with Gasteiger partial charge in [-0.25, -0.2) is 4.79 Å². The smallest absolute Gasteiger partial charge is 0.410 e. The summed E-state index contributed by atoms with van der Waals surface area (Å²) in [5.41, 5.74) is -0.193. The Kier molecular flexibility index (Phi) is 4.15. The third-order valence-corrected chi connectivity index (χ3v) is 4.81. The minimum atomic E-state index is -0.288. The summed E-state index contributed by atoms with van der Waals surface area (Å²) in [7, 11) is 0. The summed E-state index contributed by atoms with van der Waals surface area (Å²) in [6.45, 7) is 0.735. The van der Waals surface area contributed by atoms with Crippen molar-refractivity contribution in [1.82, 2.24) is 4.90 Å². The standard InChI is InChI=1S/C17H23NO3/c19-14-7-6-11-17(13-14)10-4-5-12-18(17)16(20)21-15-8-2-1-3-9-15/h1-3,8-9,14,19H,4-7,10-13H2. The minimum Gasteiger partial charge on any atom is -0.410 e. The summed E-state index contributed by atoms with van der Waals surface area (Å²) in [4.78, 5) is 14.5. The predicted octanol–water partition coefficient (Wildman–Crippen LogP) is 3.35. The van der Waals surface area contributed by atoms with E-state index in [0.717, 1.165) is 45.1 Å². The Hall–Kier alpha value is -1.55. The molecule has 2 aliphatic rings. The van der Waals surface area contributed by atoms with Crippen LogP contribution in [0, 0.1) is 0 Å². The van der Waals surface area contributed by atoms with Gasteiger partial charge in [0.15, 0.2) is 0 Å². The third kappa shape index (κ3) is 3.05. The Morgan fingerprint density at radius 2 is 1.95 bits per heavy atom. The van der Waals surface area contributed by atoms with Gasteiger partial charge in [-0.1, -0.05) is 18.2 Å². The molecule has 0 aromatic heterocycles. The number of para-hydroxylation sites is 1. The number of rotatable bonds is 1. The number of hydrogen-bond donors (Lipinski definition) is 1. The first kappa shape index (κ1) is 14.4. The maximum atomic E-state index is 12.6. The second-order valence-corrected chi connectivity index (χ2v) is 6.26. The second kappa shape index (κ2) is 6.06. The molecule has 4 heteroatoms. The van der Waals surface area contributed by atoms with Crippen LogP contribution in [0.1, 0.15) is 44.9 Å². The molecule has 1 heterocycles. The number of carbonyl (C=O) groups excluding carboxylic acids is 1. The van der Waals surface area contributed by atoms with E-state index in [0.29, 0.717) is 12.2 Å². The van der Waals surface area contributed by atoms with Gasteiger partial charge < -0.3 is 14.7 Å². The van der Waals surface area contributed by atoms with Crippen LogP contribution in [-0.2, 0) is 0 Å². The molecule has 1 aromatic carbocycles. The lowest BCUT2D eigenvalue weighted by molar-refractivity contribution is -0.0178. The zero-order valence-electron chi connectivity index (χ0n) is 12.3. The van der Waals surface area contributed by atoms with Crippen LogP contribution in [0.5, 0.6) is 5.75 Å². The number of piperidine rings is 1. The van der Waals surface area contributed by atoms with Gasteiger partial charge in [-0.15, -0.1) is 0 Å². The van der Waals surface area contributed by atoms with E-state index in [2.05, 4.69) is 0 Å². The first-order valence-electron chi connectivity index (χ1n) is 7.92. The van der Waals surface area contributed by atoms with Crippen molar-refractivity contribution < 1.29 is 14.6 Å². The molecular weight excluding hydrogens is 266 g/mol. The molecule has 2 fully saturated rings. The lowest BCUT2D eigenvalue weighted by Gasteiger charge is -2.49. The van der Waals surface area contributed by atoms with E-state index in [1.54, 1.807) is 12.1 Å². The summed E-state index contributed by atoms with van der Waals surface area (Å²) < 4.78 is 5.52. The normalized spacial score (nSPS) is 29.4. The highest BCUT2D eigenvalue weighted by Gasteiger charge is 2.45. The lowest BCUT2D eigenvalue weighted by atomic mass is 9.74. The zero-order valence-corrected chi connectivity index (χ0v) is 12.3. The number of hydrogen-bond acceptors (Lipinski definition) is 3. The van der Waals surface area contributed by atoms with Crippen molar-refractivity contribution in [3.8, 4) is 5.75 Å². The number of ether oxygens (including phenoxy) is 1. The van der Waals surface area contributed by atoms with E-state index in [-0.39, 0.29) is 17.7 Å². The zero-order chi connectivity index (χ0) is 14.7. The highest BCUT2D eigenvalue weighted by Crippen LogP contribution is 2.41. The molecule has 1 amide bonds. The number of carbonyl (C=O) groups is 1. The Balaban J connectivity index is 1.76. The Morgan fingerprint density at radius 3 is 2.71 bits per heavy atom. The Bertz CT molecular complexity index is 486. The van der Waals surface area contributed by atoms with E-state index in [1.165, 1.54) is 0 Å². The summed E-state index contributed by atoms with van der Waals surface area (Å²) in [6, 6.07) is 9.21. The molecule has 1 saturated carbocycles. The van der Waals surface area contributed by atoms with Gasteiger partial charge in [0.25, 0.3) is 0 Å². The van der Waals surface area contributed by atoms with Crippen molar-refractivity contribution in [2.24, 2.45) is 0 Å². The van der Waals surface area contributed by atoms with Crippen LogP contribution in [0.4, 0.5) is 4.79 Å². The van der Waals surface area contributed by atoms with E-state index in [9.17, 15) is 9.90 Å². The molecule has 2 unspecified atom stereocenters. The first-order valence-corrected chi connectivity index (χ1v) is 7.92. The van der Waals surface area contributed by atoms with Crippen LogP contribution in [0.25, 0.3) is 0 Å². The summed E-state index contributed by atoms with van der Waals surface area (Å²) in [5, 5.41) is 10.0. The molecule has 114 valence electrons. The van der Waals surface area contributed by atoms with Gasteiger partial charge in [0, 0.05) is 12.1 Å². The predicted molar refractivity (Wildman–Crippen MR) is 80.2 cm³/mol. The van der Waals surface area contributed by atoms with Crippen molar-refractivity contribution >= 4 is 6.09 Å². The molecule has 3 rings (SSSR count). The molecular formula is C17H23NO3. The first-order chi connectivity index (χ1) is 10.2. The average Bonchev–Trinajstić information content (AvgIpc) is 2.48. The molecule has 1 saturated heterocycles. The lowest BCUT2D eigenvalue weighted by Crippen LogP contribution is -2.58. The van der Waals surface area contributed by atoms with Crippen LogP contribution < -0.4 is 4.74 Å². The highest BCUT2D eigenvalue weighted by atomic mass is 16.6. The van der Waals surface area contributed by atoms with Crippen LogP contribution in [0.3, 0.4) is 0 Å². The van der Waals surface area contributed by atoms with Crippen molar-refractivity contribution in [3.05, 3.63) is 30.3 Å². The van der Waals surface area contributed by atoms with Gasteiger partial charge in [-0.2, -0.15) is 0 Å². The summed E-state index contributed by atoms with van der Waals surface area (Å²) in [5.74, 6) is 0.583. The second-order valence-electron chi connectivity index (χ2n) is 6.26. The van der Waals surface area contributed by atoms with E-state index >= 15 is 0 Å². The quantitative estimate of drug-likeness (QED) is 0.862. The monoisotopic (exact) mass is 289 g/mol. The number of amides is 1.